The maximum Gasteiger partial charge on any atom is 0.228 e. The molecule has 0 spiro atoms. The highest BCUT2D eigenvalue weighted by molar-refractivity contribution is 5.99. The molecule has 16 heavy (non-hydrogen) atoms. The van der Waals surface area contributed by atoms with Gasteiger partial charge in [-0.05, 0) is 22.6 Å². The molecule has 1 amide bonds. The average molecular weight is 219 g/mol. The molecule has 1 aromatic carbocycles. The predicted octanol–water partition coefficient (Wildman–Crippen LogP) is 2.26. The van der Waals surface area contributed by atoms with Gasteiger partial charge in [0.15, 0.2) is 0 Å². The lowest BCUT2D eigenvalue weighted by molar-refractivity contribution is -0.115. The van der Waals surface area contributed by atoms with Crippen LogP contribution < -0.4 is 5.32 Å². The minimum Gasteiger partial charge on any atom is -0.388 e. The van der Waals surface area contributed by atoms with Crippen LogP contribution in [0.5, 0.6) is 0 Å². The fraction of sp³-hybridized carbons (Fsp3) is 0.462. The zero-order valence-electron chi connectivity index (χ0n) is 9.87. The Balaban J connectivity index is 2.33. The number of fused-ring (bicyclic) bond motifs is 1. The van der Waals surface area contributed by atoms with E-state index >= 15 is 0 Å². The number of carbonyl (C=O) groups excluding carboxylic acids is 1. The van der Waals surface area contributed by atoms with E-state index in [4.69, 9.17) is 0 Å². The third-order valence-electron chi connectivity index (χ3n) is 2.89. The third kappa shape index (κ3) is 1.95. The molecule has 3 nitrogen and oxygen atoms in total. The molecule has 0 fully saturated rings. The molecule has 2 N–H and O–H groups in total. The number of hydrogen-bond donors (Lipinski definition) is 2. The Kier molecular flexibility index (Phi) is 2.50. The van der Waals surface area contributed by atoms with Crippen LogP contribution in [0.4, 0.5) is 5.69 Å². The monoisotopic (exact) mass is 219 g/mol. The molecule has 1 aliphatic heterocycles. The van der Waals surface area contributed by atoms with E-state index in [-0.39, 0.29) is 11.3 Å². The molecule has 0 radical (unpaired) electrons. The third-order valence-corrected chi connectivity index (χ3v) is 2.89. The summed E-state index contributed by atoms with van der Waals surface area (Å²) in [5.74, 6) is 0.0254. The van der Waals surface area contributed by atoms with Crippen LogP contribution in [0.1, 0.15) is 38.0 Å². The summed E-state index contributed by atoms with van der Waals surface area (Å²) < 4.78 is 0. The van der Waals surface area contributed by atoms with Crippen molar-refractivity contribution >= 4 is 11.6 Å². The van der Waals surface area contributed by atoms with Crippen LogP contribution in [0.2, 0.25) is 0 Å². The first kappa shape index (κ1) is 11.1. The minimum atomic E-state index is -0.506. The van der Waals surface area contributed by atoms with E-state index in [0.717, 1.165) is 16.8 Å². The molecule has 1 unspecified atom stereocenters. The van der Waals surface area contributed by atoms with Gasteiger partial charge in [-0.2, -0.15) is 0 Å². The number of aliphatic hydroxyl groups is 1. The van der Waals surface area contributed by atoms with E-state index in [9.17, 15) is 9.90 Å². The minimum absolute atomic E-state index is 0.0254. The summed E-state index contributed by atoms with van der Waals surface area (Å²) >= 11 is 0. The van der Waals surface area contributed by atoms with Crippen LogP contribution in [0.25, 0.3) is 0 Å². The standard InChI is InChI=1S/C13H17NO2/c1-13(2,3)12(16)8-4-5-10-9(6-8)7-11(15)14-10/h4-6,12,16H,7H2,1-3H3,(H,14,15). The van der Waals surface area contributed by atoms with Crippen LogP contribution in [0.15, 0.2) is 18.2 Å². The number of hydrogen-bond acceptors (Lipinski definition) is 2. The quantitative estimate of drug-likeness (QED) is 0.761. The van der Waals surface area contributed by atoms with Gasteiger partial charge in [0.2, 0.25) is 5.91 Å². The lowest BCUT2D eigenvalue weighted by atomic mass is 9.84. The summed E-state index contributed by atoms with van der Waals surface area (Å²) in [4.78, 5) is 11.2. The molecule has 2 rings (SSSR count). The first-order valence-corrected chi connectivity index (χ1v) is 5.48. The van der Waals surface area contributed by atoms with Crippen molar-refractivity contribution in [3.05, 3.63) is 29.3 Å². The second-order valence-corrected chi connectivity index (χ2v) is 5.41. The van der Waals surface area contributed by atoms with Crippen molar-refractivity contribution in [2.24, 2.45) is 5.41 Å². The number of nitrogens with one attached hydrogen (secondary N) is 1. The number of benzene rings is 1. The molecular weight excluding hydrogens is 202 g/mol. The Hall–Kier alpha value is -1.35. The number of anilines is 1. The summed E-state index contributed by atoms with van der Waals surface area (Å²) in [5.41, 5.74) is 2.54. The van der Waals surface area contributed by atoms with E-state index in [0.29, 0.717) is 6.42 Å². The van der Waals surface area contributed by atoms with Crippen molar-refractivity contribution in [2.75, 3.05) is 5.32 Å². The fourth-order valence-electron chi connectivity index (χ4n) is 1.92. The number of aliphatic hydroxyl groups excluding tert-OH is 1. The number of amides is 1. The van der Waals surface area contributed by atoms with Gasteiger partial charge in [-0.15, -0.1) is 0 Å². The zero-order chi connectivity index (χ0) is 11.9. The second-order valence-electron chi connectivity index (χ2n) is 5.41. The molecule has 1 aliphatic rings. The highest BCUT2D eigenvalue weighted by Crippen LogP contribution is 2.35. The fourth-order valence-corrected chi connectivity index (χ4v) is 1.92. The van der Waals surface area contributed by atoms with Gasteiger partial charge in [-0.25, -0.2) is 0 Å². The van der Waals surface area contributed by atoms with Gasteiger partial charge in [-0.1, -0.05) is 32.9 Å². The molecular formula is C13H17NO2. The summed E-state index contributed by atoms with van der Waals surface area (Å²) in [6, 6.07) is 5.66. The Morgan fingerprint density at radius 1 is 1.38 bits per heavy atom. The summed E-state index contributed by atoms with van der Waals surface area (Å²) in [6.45, 7) is 5.98. The van der Waals surface area contributed by atoms with Crippen molar-refractivity contribution in [3.8, 4) is 0 Å². The molecule has 1 aromatic rings. The van der Waals surface area contributed by atoms with Gasteiger partial charge in [0.05, 0.1) is 12.5 Å². The summed E-state index contributed by atoms with van der Waals surface area (Å²) in [6.07, 6.45) is -0.0893. The Morgan fingerprint density at radius 3 is 2.69 bits per heavy atom. The largest absolute Gasteiger partial charge is 0.388 e. The number of rotatable bonds is 1. The van der Waals surface area contributed by atoms with Crippen LogP contribution in [0, 0.1) is 5.41 Å². The maximum absolute atomic E-state index is 11.2. The Bertz CT molecular complexity index is 432. The van der Waals surface area contributed by atoms with E-state index in [2.05, 4.69) is 5.32 Å². The van der Waals surface area contributed by atoms with Crippen molar-refractivity contribution in [1.82, 2.24) is 0 Å². The molecule has 0 aromatic heterocycles. The Morgan fingerprint density at radius 2 is 2.06 bits per heavy atom. The van der Waals surface area contributed by atoms with Crippen molar-refractivity contribution in [1.29, 1.82) is 0 Å². The molecule has 3 heteroatoms. The topological polar surface area (TPSA) is 49.3 Å². The van der Waals surface area contributed by atoms with Crippen molar-refractivity contribution < 1.29 is 9.90 Å². The van der Waals surface area contributed by atoms with Gasteiger partial charge >= 0.3 is 0 Å². The first-order chi connectivity index (χ1) is 7.38. The smallest absolute Gasteiger partial charge is 0.228 e. The molecule has 86 valence electrons. The van der Waals surface area contributed by atoms with Gasteiger partial charge in [0, 0.05) is 5.69 Å². The zero-order valence-corrected chi connectivity index (χ0v) is 9.87. The van der Waals surface area contributed by atoms with Gasteiger partial charge < -0.3 is 10.4 Å². The molecule has 0 aliphatic carbocycles. The van der Waals surface area contributed by atoms with Gasteiger partial charge in [0.1, 0.15) is 0 Å². The maximum atomic E-state index is 11.2. The lowest BCUT2D eigenvalue weighted by Crippen LogP contribution is -2.17. The highest BCUT2D eigenvalue weighted by atomic mass is 16.3. The van der Waals surface area contributed by atoms with Crippen LogP contribution >= 0.6 is 0 Å². The van der Waals surface area contributed by atoms with E-state index in [1.807, 2.05) is 39.0 Å². The Labute approximate surface area is 95.5 Å². The van der Waals surface area contributed by atoms with E-state index < -0.39 is 6.10 Å². The lowest BCUT2D eigenvalue weighted by Gasteiger charge is -2.26. The number of carbonyl (C=O) groups is 1. The second kappa shape index (κ2) is 3.59. The van der Waals surface area contributed by atoms with Crippen molar-refractivity contribution in [2.45, 2.75) is 33.3 Å². The van der Waals surface area contributed by atoms with E-state index in [1.165, 1.54) is 0 Å². The highest BCUT2D eigenvalue weighted by Gasteiger charge is 2.26. The molecule has 1 heterocycles. The van der Waals surface area contributed by atoms with E-state index in [1.54, 1.807) is 0 Å². The van der Waals surface area contributed by atoms with Gasteiger partial charge in [0.25, 0.3) is 0 Å². The van der Waals surface area contributed by atoms with Crippen LogP contribution in [-0.2, 0) is 11.2 Å². The molecule has 1 atom stereocenters. The van der Waals surface area contributed by atoms with Gasteiger partial charge in [-0.3, -0.25) is 4.79 Å². The summed E-state index contributed by atoms with van der Waals surface area (Å²) in [5, 5.41) is 12.9. The van der Waals surface area contributed by atoms with Crippen LogP contribution in [0.3, 0.4) is 0 Å². The normalized spacial score (nSPS) is 16.9. The van der Waals surface area contributed by atoms with Crippen molar-refractivity contribution in [3.63, 3.8) is 0 Å². The first-order valence-electron chi connectivity index (χ1n) is 5.48. The molecule has 0 saturated carbocycles. The van der Waals surface area contributed by atoms with Crippen LogP contribution in [-0.4, -0.2) is 11.0 Å². The molecule has 0 saturated heterocycles. The average Bonchev–Trinajstić information content (AvgIpc) is 2.54. The SMILES string of the molecule is CC(C)(C)C(O)c1ccc2c(c1)CC(=O)N2. The summed E-state index contributed by atoms with van der Waals surface area (Å²) in [7, 11) is 0. The molecule has 0 bridgehead atoms. The predicted molar refractivity (Wildman–Crippen MR) is 63.2 cm³/mol.